The zero-order valence-corrected chi connectivity index (χ0v) is 16.0. The van der Waals surface area contributed by atoms with Crippen molar-refractivity contribution in [2.24, 2.45) is 0 Å². The van der Waals surface area contributed by atoms with Crippen LogP contribution in [0.4, 0.5) is 5.69 Å². The van der Waals surface area contributed by atoms with Crippen LogP contribution in [0.3, 0.4) is 0 Å². The molecule has 5 nitrogen and oxygen atoms in total. The van der Waals surface area contributed by atoms with Gasteiger partial charge in [-0.1, -0.05) is 49.0 Å². The van der Waals surface area contributed by atoms with Crippen molar-refractivity contribution in [3.63, 3.8) is 0 Å². The van der Waals surface area contributed by atoms with Crippen molar-refractivity contribution >= 4 is 39.3 Å². The lowest BCUT2D eigenvalue weighted by Crippen LogP contribution is -2.15. The van der Waals surface area contributed by atoms with E-state index in [0.29, 0.717) is 5.16 Å². The average molecular weight is 417 g/mol. The second kappa shape index (κ2) is 8.31. The van der Waals surface area contributed by atoms with Crippen LogP contribution in [0.15, 0.2) is 64.2 Å². The zero-order valence-electron chi connectivity index (χ0n) is 13.6. The van der Waals surface area contributed by atoms with Gasteiger partial charge in [-0.05, 0) is 40.2 Å². The van der Waals surface area contributed by atoms with E-state index in [1.54, 1.807) is 0 Å². The molecule has 0 atom stereocenters. The third-order valence-corrected chi connectivity index (χ3v) is 5.13. The van der Waals surface area contributed by atoms with Gasteiger partial charge in [0.1, 0.15) is 5.82 Å². The van der Waals surface area contributed by atoms with Gasteiger partial charge >= 0.3 is 0 Å². The fourth-order valence-corrected chi connectivity index (χ4v) is 3.49. The summed E-state index contributed by atoms with van der Waals surface area (Å²) in [6.45, 7) is 2.04. The standard InChI is InChI=1S/C18H17BrN4OS/c1-2-16-21-22-18(23(16)13-8-4-3-5-9-13)25-12-17(24)20-15-11-7-6-10-14(15)19/h3-11H,2,12H2,1H3,(H,20,24). The van der Waals surface area contributed by atoms with Crippen molar-refractivity contribution < 1.29 is 4.79 Å². The summed E-state index contributed by atoms with van der Waals surface area (Å²) < 4.78 is 2.85. The van der Waals surface area contributed by atoms with Gasteiger partial charge in [0.15, 0.2) is 5.16 Å². The van der Waals surface area contributed by atoms with Crippen LogP contribution in [0.2, 0.25) is 0 Å². The minimum atomic E-state index is -0.0856. The van der Waals surface area contributed by atoms with Crippen molar-refractivity contribution in [1.29, 1.82) is 0 Å². The number of benzene rings is 2. The zero-order chi connectivity index (χ0) is 17.6. The van der Waals surface area contributed by atoms with Gasteiger partial charge < -0.3 is 5.32 Å². The fourth-order valence-electron chi connectivity index (χ4n) is 2.34. The molecule has 0 unspecified atom stereocenters. The van der Waals surface area contributed by atoms with Crippen LogP contribution in [0.25, 0.3) is 5.69 Å². The molecule has 0 aliphatic rings. The highest BCUT2D eigenvalue weighted by Gasteiger charge is 2.15. The molecule has 0 aliphatic heterocycles. The Morgan fingerprint density at radius 1 is 1.12 bits per heavy atom. The van der Waals surface area contributed by atoms with Crippen molar-refractivity contribution in [2.45, 2.75) is 18.5 Å². The van der Waals surface area contributed by atoms with Crippen LogP contribution in [-0.4, -0.2) is 26.4 Å². The number of hydrogen-bond acceptors (Lipinski definition) is 4. The van der Waals surface area contributed by atoms with E-state index in [2.05, 4.69) is 31.4 Å². The van der Waals surface area contributed by atoms with E-state index in [-0.39, 0.29) is 11.7 Å². The second-order valence-corrected chi connectivity index (χ2v) is 7.04. The average Bonchev–Trinajstić information content (AvgIpc) is 3.05. The van der Waals surface area contributed by atoms with E-state index in [1.165, 1.54) is 11.8 Å². The predicted octanol–water partition coefficient (Wildman–Crippen LogP) is 4.32. The summed E-state index contributed by atoms with van der Waals surface area (Å²) in [5, 5.41) is 12.1. The first-order chi connectivity index (χ1) is 12.2. The van der Waals surface area contributed by atoms with Crippen molar-refractivity contribution in [3.05, 3.63) is 64.9 Å². The number of aryl methyl sites for hydroxylation is 1. The maximum absolute atomic E-state index is 12.3. The van der Waals surface area contributed by atoms with Gasteiger partial charge in [0.25, 0.3) is 0 Å². The smallest absolute Gasteiger partial charge is 0.234 e. The van der Waals surface area contributed by atoms with Crippen LogP contribution in [0.1, 0.15) is 12.7 Å². The first-order valence-electron chi connectivity index (χ1n) is 7.86. The minimum absolute atomic E-state index is 0.0856. The summed E-state index contributed by atoms with van der Waals surface area (Å²) in [5.41, 5.74) is 1.75. The molecule has 1 N–H and O–H groups in total. The maximum Gasteiger partial charge on any atom is 0.234 e. The normalized spacial score (nSPS) is 10.6. The summed E-state index contributed by atoms with van der Waals surface area (Å²) in [4.78, 5) is 12.3. The molecule has 0 fully saturated rings. The van der Waals surface area contributed by atoms with E-state index in [0.717, 1.165) is 28.1 Å². The molecular weight excluding hydrogens is 400 g/mol. The SMILES string of the molecule is CCc1nnc(SCC(=O)Nc2ccccc2Br)n1-c1ccccc1. The van der Waals surface area contributed by atoms with Crippen molar-refractivity contribution in [2.75, 3.05) is 11.1 Å². The number of halogens is 1. The third kappa shape index (κ3) is 4.29. The Kier molecular flexibility index (Phi) is 5.88. The number of thioether (sulfide) groups is 1. The molecular formula is C18H17BrN4OS. The van der Waals surface area contributed by atoms with E-state index in [1.807, 2.05) is 66.1 Å². The Labute approximate surface area is 159 Å². The largest absolute Gasteiger partial charge is 0.324 e. The number of nitrogens with zero attached hydrogens (tertiary/aromatic N) is 3. The Morgan fingerprint density at radius 2 is 1.84 bits per heavy atom. The Hall–Kier alpha value is -2.12. The number of amides is 1. The molecule has 1 heterocycles. The summed E-state index contributed by atoms with van der Waals surface area (Å²) in [5.74, 6) is 1.05. The molecule has 3 rings (SSSR count). The number of carbonyl (C=O) groups excluding carboxylic acids is 1. The molecule has 0 radical (unpaired) electrons. The second-order valence-electron chi connectivity index (χ2n) is 5.24. The number of aromatic nitrogens is 3. The first-order valence-corrected chi connectivity index (χ1v) is 9.63. The van der Waals surface area contributed by atoms with Crippen LogP contribution < -0.4 is 5.32 Å². The highest BCUT2D eigenvalue weighted by molar-refractivity contribution is 9.10. The monoisotopic (exact) mass is 416 g/mol. The molecule has 7 heteroatoms. The number of hydrogen-bond donors (Lipinski definition) is 1. The molecule has 25 heavy (non-hydrogen) atoms. The lowest BCUT2D eigenvalue weighted by molar-refractivity contribution is -0.113. The molecule has 0 spiro atoms. The van der Waals surface area contributed by atoms with Gasteiger partial charge in [-0.3, -0.25) is 9.36 Å². The van der Waals surface area contributed by atoms with Gasteiger partial charge in [0.2, 0.25) is 5.91 Å². The van der Waals surface area contributed by atoms with Crippen LogP contribution in [0, 0.1) is 0 Å². The summed E-state index contributed by atoms with van der Waals surface area (Å²) >= 11 is 4.80. The summed E-state index contributed by atoms with van der Waals surface area (Å²) in [6, 6.07) is 17.5. The van der Waals surface area contributed by atoms with Crippen molar-refractivity contribution in [3.8, 4) is 5.69 Å². The van der Waals surface area contributed by atoms with E-state index >= 15 is 0 Å². The lowest BCUT2D eigenvalue weighted by Gasteiger charge is -2.10. The fraction of sp³-hybridized carbons (Fsp3) is 0.167. The van der Waals surface area contributed by atoms with E-state index < -0.39 is 0 Å². The molecule has 128 valence electrons. The van der Waals surface area contributed by atoms with Crippen molar-refractivity contribution in [1.82, 2.24) is 14.8 Å². The molecule has 2 aromatic carbocycles. The quantitative estimate of drug-likeness (QED) is 0.607. The van der Waals surface area contributed by atoms with Gasteiger partial charge in [-0.15, -0.1) is 10.2 Å². The third-order valence-electron chi connectivity index (χ3n) is 3.51. The number of nitrogens with one attached hydrogen (secondary N) is 1. The Balaban J connectivity index is 1.72. The van der Waals surface area contributed by atoms with Gasteiger partial charge in [-0.25, -0.2) is 0 Å². The first kappa shape index (κ1) is 17.7. The van der Waals surface area contributed by atoms with Gasteiger partial charge in [0, 0.05) is 16.6 Å². The molecule has 0 saturated carbocycles. The molecule has 1 aromatic heterocycles. The summed E-state index contributed by atoms with van der Waals surface area (Å²) in [7, 11) is 0. The van der Waals surface area contributed by atoms with E-state index in [4.69, 9.17) is 0 Å². The topological polar surface area (TPSA) is 59.8 Å². The number of para-hydroxylation sites is 2. The Bertz CT molecular complexity index is 867. The minimum Gasteiger partial charge on any atom is -0.324 e. The molecule has 1 amide bonds. The van der Waals surface area contributed by atoms with Crippen LogP contribution >= 0.6 is 27.7 Å². The highest BCUT2D eigenvalue weighted by Crippen LogP contribution is 2.24. The van der Waals surface area contributed by atoms with Gasteiger partial charge in [0.05, 0.1) is 11.4 Å². The molecule has 0 aliphatic carbocycles. The Morgan fingerprint density at radius 3 is 2.56 bits per heavy atom. The summed E-state index contributed by atoms with van der Waals surface area (Å²) in [6.07, 6.45) is 0.769. The lowest BCUT2D eigenvalue weighted by atomic mass is 10.3. The molecule has 0 bridgehead atoms. The predicted molar refractivity (Wildman–Crippen MR) is 104 cm³/mol. The molecule has 3 aromatic rings. The van der Waals surface area contributed by atoms with Crippen LogP contribution in [-0.2, 0) is 11.2 Å². The highest BCUT2D eigenvalue weighted by atomic mass is 79.9. The van der Waals surface area contributed by atoms with E-state index in [9.17, 15) is 4.79 Å². The maximum atomic E-state index is 12.3. The number of carbonyl (C=O) groups is 1. The van der Waals surface area contributed by atoms with Crippen LogP contribution in [0.5, 0.6) is 0 Å². The van der Waals surface area contributed by atoms with Gasteiger partial charge in [-0.2, -0.15) is 0 Å². The number of anilines is 1. The number of rotatable bonds is 6. The molecule has 0 saturated heterocycles.